The minimum Gasteiger partial charge on any atom is -0.354 e. The highest BCUT2D eigenvalue weighted by Gasteiger charge is 2.30. The molecule has 0 aromatic rings. The van der Waals surface area contributed by atoms with Crippen molar-refractivity contribution in [3.63, 3.8) is 0 Å². The van der Waals surface area contributed by atoms with E-state index in [-0.39, 0.29) is 11.9 Å². The summed E-state index contributed by atoms with van der Waals surface area (Å²) in [4.78, 5) is 21.4. The van der Waals surface area contributed by atoms with E-state index in [0.717, 1.165) is 0 Å². The molecule has 2 radical (unpaired) electrons. The second kappa shape index (κ2) is 3.58. The molecule has 0 saturated carbocycles. The number of nitrogens with two attached hydrogens (primary N) is 1. The van der Waals surface area contributed by atoms with Crippen molar-refractivity contribution in [2.24, 2.45) is 5.73 Å². The zero-order chi connectivity index (χ0) is 9.14. The molecule has 0 unspecified atom stereocenters. The van der Waals surface area contributed by atoms with Crippen LogP contribution in [0.25, 0.3) is 0 Å². The lowest BCUT2D eigenvalue weighted by atomic mass is 10.1. The Balaban J connectivity index is 2.46. The number of carbonyl (C=O) groups excluding carboxylic acids is 2. The van der Waals surface area contributed by atoms with Gasteiger partial charge >= 0.3 is 0 Å². The minimum atomic E-state index is -0.687. The van der Waals surface area contributed by atoms with Gasteiger partial charge in [-0.3, -0.25) is 9.59 Å². The van der Waals surface area contributed by atoms with Gasteiger partial charge in [-0.15, -0.1) is 0 Å². The van der Waals surface area contributed by atoms with E-state index in [1.54, 1.807) is 0 Å². The predicted octanol–water partition coefficient (Wildman–Crippen LogP) is -1.92. The first-order chi connectivity index (χ1) is 5.63. The van der Waals surface area contributed by atoms with E-state index < -0.39 is 11.8 Å². The Labute approximate surface area is 71.5 Å². The van der Waals surface area contributed by atoms with E-state index in [4.69, 9.17) is 13.6 Å². The first-order valence-corrected chi connectivity index (χ1v) is 3.70. The number of amides is 2. The molecule has 0 spiro atoms. The summed E-state index contributed by atoms with van der Waals surface area (Å²) in [6.07, 6.45) is 0.512. The largest absolute Gasteiger partial charge is 0.354 e. The highest BCUT2D eigenvalue weighted by Crippen LogP contribution is 2.06. The third-order valence-corrected chi connectivity index (χ3v) is 1.78. The molecule has 1 rings (SSSR count). The van der Waals surface area contributed by atoms with Crippen LogP contribution in [0.15, 0.2) is 0 Å². The Morgan fingerprint density at radius 1 is 1.83 bits per heavy atom. The Hall–Kier alpha value is -1.04. The molecule has 12 heavy (non-hydrogen) atoms. The molecule has 1 fully saturated rings. The maximum absolute atomic E-state index is 11.0. The normalized spacial score (nSPS) is 28.2. The van der Waals surface area contributed by atoms with Crippen LogP contribution in [-0.4, -0.2) is 38.2 Å². The Morgan fingerprint density at radius 2 is 2.50 bits per heavy atom. The standard InChI is InChI=1S/C6H10BN3O2/c7-6(12)10-4-1-3(2-8)9-5(4)11/h3-4H,1-2,8H2,(H,9,11)(H,10,12)/t3-,4-/m1/s1. The second-order valence-electron chi connectivity index (χ2n) is 2.74. The van der Waals surface area contributed by atoms with Gasteiger partial charge in [0.05, 0.1) is 0 Å². The smallest absolute Gasteiger partial charge is 0.242 e. The summed E-state index contributed by atoms with van der Waals surface area (Å²) in [6, 6.07) is -0.564. The molecular weight excluding hydrogens is 157 g/mol. The van der Waals surface area contributed by atoms with E-state index in [1.165, 1.54) is 0 Å². The summed E-state index contributed by atoms with van der Waals surface area (Å²) in [5, 5.41) is 4.95. The molecule has 0 aromatic carbocycles. The van der Waals surface area contributed by atoms with Gasteiger partial charge in [-0.05, 0) is 6.42 Å². The quantitative estimate of drug-likeness (QED) is 0.419. The maximum Gasteiger partial charge on any atom is 0.242 e. The van der Waals surface area contributed by atoms with E-state index in [1.807, 2.05) is 0 Å². The third kappa shape index (κ3) is 1.98. The zero-order valence-electron chi connectivity index (χ0n) is 6.54. The summed E-state index contributed by atoms with van der Waals surface area (Å²) >= 11 is 0. The Morgan fingerprint density at radius 3 is 2.92 bits per heavy atom. The van der Waals surface area contributed by atoms with Crippen molar-refractivity contribution in [3.8, 4) is 0 Å². The first kappa shape index (κ1) is 9.06. The van der Waals surface area contributed by atoms with Crippen molar-refractivity contribution in [2.45, 2.75) is 18.5 Å². The predicted molar refractivity (Wildman–Crippen MR) is 43.7 cm³/mol. The summed E-state index contributed by atoms with van der Waals surface area (Å²) in [6.45, 7) is 0.378. The molecule has 1 aliphatic heterocycles. The fourth-order valence-corrected chi connectivity index (χ4v) is 1.20. The lowest BCUT2D eigenvalue weighted by Gasteiger charge is -2.07. The number of rotatable bonds is 2. The van der Waals surface area contributed by atoms with Crippen molar-refractivity contribution < 1.29 is 9.59 Å². The highest BCUT2D eigenvalue weighted by molar-refractivity contribution is 6.57. The molecule has 1 aliphatic rings. The summed E-state index contributed by atoms with van der Waals surface area (Å²) in [5.74, 6) is -0.905. The zero-order valence-corrected chi connectivity index (χ0v) is 6.54. The summed E-state index contributed by atoms with van der Waals surface area (Å²) in [5.41, 5.74) is 5.33. The highest BCUT2D eigenvalue weighted by atomic mass is 16.2. The topological polar surface area (TPSA) is 84.2 Å². The van der Waals surface area contributed by atoms with Crippen LogP contribution >= 0.6 is 0 Å². The van der Waals surface area contributed by atoms with Gasteiger partial charge in [0, 0.05) is 12.6 Å². The van der Waals surface area contributed by atoms with Crippen LogP contribution in [0.2, 0.25) is 0 Å². The fraction of sp³-hybridized carbons (Fsp3) is 0.667. The van der Waals surface area contributed by atoms with Crippen LogP contribution in [0.4, 0.5) is 4.79 Å². The molecule has 2 amide bonds. The molecular formula is C6H10BN3O2. The number of hydrogen-bond acceptors (Lipinski definition) is 3. The van der Waals surface area contributed by atoms with Crippen molar-refractivity contribution in [2.75, 3.05) is 6.54 Å². The van der Waals surface area contributed by atoms with Gasteiger partial charge in [-0.25, -0.2) is 0 Å². The SMILES string of the molecule is [B]C(=O)N[C@@H]1C[C@H](CN)NC1=O. The molecule has 0 aliphatic carbocycles. The molecule has 4 N–H and O–H groups in total. The Bertz CT molecular complexity index is 209. The molecule has 64 valence electrons. The van der Waals surface area contributed by atoms with Crippen LogP contribution in [0.3, 0.4) is 0 Å². The molecule has 1 heterocycles. The van der Waals surface area contributed by atoms with Crippen LogP contribution in [-0.2, 0) is 4.79 Å². The van der Waals surface area contributed by atoms with Crippen LogP contribution in [0.5, 0.6) is 0 Å². The van der Waals surface area contributed by atoms with E-state index in [9.17, 15) is 9.59 Å². The second-order valence-corrected chi connectivity index (χ2v) is 2.74. The van der Waals surface area contributed by atoms with Crippen LogP contribution in [0, 0.1) is 0 Å². The van der Waals surface area contributed by atoms with Gasteiger partial charge in [-0.1, -0.05) is 0 Å². The Kier molecular flexibility index (Phi) is 2.70. The van der Waals surface area contributed by atoms with Crippen molar-refractivity contribution in [1.82, 2.24) is 10.6 Å². The summed E-state index contributed by atoms with van der Waals surface area (Å²) in [7, 11) is 4.86. The number of hydrogen-bond donors (Lipinski definition) is 3. The average molecular weight is 167 g/mol. The summed E-state index contributed by atoms with van der Waals surface area (Å²) < 4.78 is 0. The number of nitrogens with one attached hydrogen (secondary N) is 2. The van der Waals surface area contributed by atoms with Gasteiger partial charge in [-0.2, -0.15) is 0 Å². The average Bonchev–Trinajstić information content (AvgIpc) is 2.31. The van der Waals surface area contributed by atoms with Crippen molar-refractivity contribution in [1.29, 1.82) is 0 Å². The van der Waals surface area contributed by atoms with Gasteiger partial charge in [0.15, 0.2) is 5.81 Å². The first-order valence-electron chi connectivity index (χ1n) is 3.70. The van der Waals surface area contributed by atoms with E-state index in [0.29, 0.717) is 13.0 Å². The van der Waals surface area contributed by atoms with Gasteiger partial charge in [0.1, 0.15) is 6.04 Å². The van der Waals surface area contributed by atoms with Crippen LogP contribution < -0.4 is 16.4 Å². The molecule has 1 saturated heterocycles. The molecule has 6 heteroatoms. The van der Waals surface area contributed by atoms with Crippen LogP contribution in [0.1, 0.15) is 6.42 Å². The molecule has 2 atom stereocenters. The maximum atomic E-state index is 11.0. The lowest BCUT2D eigenvalue weighted by Crippen LogP contribution is -2.39. The van der Waals surface area contributed by atoms with Gasteiger partial charge in [0.25, 0.3) is 0 Å². The lowest BCUT2D eigenvalue weighted by molar-refractivity contribution is -0.120. The van der Waals surface area contributed by atoms with Gasteiger partial charge < -0.3 is 16.4 Å². The fourth-order valence-electron chi connectivity index (χ4n) is 1.20. The van der Waals surface area contributed by atoms with Crippen molar-refractivity contribution >= 4 is 19.6 Å². The molecule has 5 nitrogen and oxygen atoms in total. The third-order valence-electron chi connectivity index (χ3n) is 1.78. The number of carbonyl (C=O) groups is 2. The minimum absolute atomic E-state index is 0.0469. The monoisotopic (exact) mass is 167 g/mol. The van der Waals surface area contributed by atoms with E-state index >= 15 is 0 Å². The molecule has 0 bridgehead atoms. The van der Waals surface area contributed by atoms with E-state index in [2.05, 4.69) is 10.6 Å². The van der Waals surface area contributed by atoms with Gasteiger partial charge in [0.2, 0.25) is 13.8 Å². The molecule has 0 aromatic heterocycles. The van der Waals surface area contributed by atoms with Crippen molar-refractivity contribution in [3.05, 3.63) is 0 Å².